The van der Waals surface area contributed by atoms with Gasteiger partial charge in [0.25, 0.3) is 0 Å². The Morgan fingerprint density at radius 1 is 1.12 bits per heavy atom. The van der Waals surface area contributed by atoms with Gasteiger partial charge in [-0.1, -0.05) is 13.3 Å². The standard InChI is InChI=1S/C8H14/c1-6-4-7-2-3-8(6)5-7/h6-8H,2-5H2,1H3/t6-,7-,8?/m0/s1. The van der Waals surface area contributed by atoms with Crippen LogP contribution in [-0.2, 0) is 0 Å². The molecule has 3 atom stereocenters. The van der Waals surface area contributed by atoms with Crippen LogP contribution in [0.5, 0.6) is 0 Å². The van der Waals surface area contributed by atoms with Gasteiger partial charge in [-0.25, -0.2) is 0 Å². The summed E-state index contributed by atoms with van der Waals surface area (Å²) in [4.78, 5) is 0. The van der Waals surface area contributed by atoms with Crippen molar-refractivity contribution in [1.29, 1.82) is 0 Å². The van der Waals surface area contributed by atoms with Crippen LogP contribution in [0.15, 0.2) is 0 Å². The van der Waals surface area contributed by atoms with Gasteiger partial charge in [-0.2, -0.15) is 0 Å². The molecule has 2 rings (SSSR count). The fourth-order valence-corrected chi connectivity index (χ4v) is 2.56. The minimum absolute atomic E-state index is 1.08. The first-order valence-electron chi connectivity index (χ1n) is 3.86. The zero-order chi connectivity index (χ0) is 5.56. The minimum Gasteiger partial charge on any atom is -0.0622 e. The van der Waals surface area contributed by atoms with Gasteiger partial charge in [0.2, 0.25) is 0 Å². The quantitative estimate of drug-likeness (QED) is 0.449. The van der Waals surface area contributed by atoms with Crippen molar-refractivity contribution in [2.45, 2.75) is 32.6 Å². The van der Waals surface area contributed by atoms with Crippen molar-refractivity contribution in [1.82, 2.24) is 0 Å². The fourth-order valence-electron chi connectivity index (χ4n) is 2.56. The Labute approximate surface area is 51.3 Å². The topological polar surface area (TPSA) is 0 Å². The number of fused-ring (bicyclic) bond motifs is 2. The van der Waals surface area contributed by atoms with Gasteiger partial charge in [0.15, 0.2) is 0 Å². The van der Waals surface area contributed by atoms with Crippen molar-refractivity contribution in [2.24, 2.45) is 17.8 Å². The summed E-state index contributed by atoms with van der Waals surface area (Å²) in [6.07, 6.45) is 6.21. The predicted molar refractivity (Wildman–Crippen MR) is 34.6 cm³/mol. The maximum absolute atomic E-state index is 2.42. The molecule has 46 valence electrons. The van der Waals surface area contributed by atoms with Gasteiger partial charge in [-0.15, -0.1) is 0 Å². The van der Waals surface area contributed by atoms with E-state index in [0.29, 0.717) is 0 Å². The molecule has 0 amide bonds. The summed E-state index contributed by atoms with van der Waals surface area (Å²) in [5.74, 6) is 3.36. The zero-order valence-electron chi connectivity index (χ0n) is 5.56. The Bertz CT molecular complexity index is 94.2. The van der Waals surface area contributed by atoms with Crippen LogP contribution in [0.25, 0.3) is 0 Å². The highest BCUT2D eigenvalue weighted by Gasteiger charge is 2.36. The van der Waals surface area contributed by atoms with Gasteiger partial charge < -0.3 is 0 Å². The van der Waals surface area contributed by atoms with E-state index in [1.54, 1.807) is 25.7 Å². The van der Waals surface area contributed by atoms with Gasteiger partial charge in [0.05, 0.1) is 0 Å². The molecule has 2 fully saturated rings. The molecule has 0 aliphatic heterocycles. The third-order valence-corrected chi connectivity index (χ3v) is 3.09. The molecule has 2 aliphatic rings. The molecule has 0 aromatic rings. The van der Waals surface area contributed by atoms with Crippen molar-refractivity contribution in [3.8, 4) is 0 Å². The summed E-state index contributed by atoms with van der Waals surface area (Å²) in [5.41, 5.74) is 0. The Morgan fingerprint density at radius 3 is 2.25 bits per heavy atom. The second kappa shape index (κ2) is 1.49. The van der Waals surface area contributed by atoms with Crippen LogP contribution >= 0.6 is 0 Å². The van der Waals surface area contributed by atoms with E-state index in [2.05, 4.69) is 6.92 Å². The molecule has 0 saturated heterocycles. The lowest BCUT2D eigenvalue weighted by molar-refractivity contribution is 0.360. The van der Waals surface area contributed by atoms with Gasteiger partial charge in [-0.3, -0.25) is 0 Å². The van der Waals surface area contributed by atoms with Crippen LogP contribution in [0.1, 0.15) is 32.6 Å². The molecule has 8 heavy (non-hydrogen) atoms. The third-order valence-electron chi connectivity index (χ3n) is 3.09. The fraction of sp³-hybridized carbons (Fsp3) is 1.00. The van der Waals surface area contributed by atoms with Gasteiger partial charge in [0, 0.05) is 0 Å². The maximum atomic E-state index is 2.42. The van der Waals surface area contributed by atoms with E-state index in [1.165, 1.54) is 0 Å². The number of hydrogen-bond acceptors (Lipinski definition) is 0. The van der Waals surface area contributed by atoms with Crippen molar-refractivity contribution in [3.63, 3.8) is 0 Å². The molecule has 0 heteroatoms. The van der Waals surface area contributed by atoms with Crippen molar-refractivity contribution in [2.75, 3.05) is 0 Å². The first-order chi connectivity index (χ1) is 3.86. The molecule has 2 saturated carbocycles. The molecule has 0 aromatic carbocycles. The van der Waals surface area contributed by atoms with Gasteiger partial charge in [0.1, 0.15) is 0 Å². The second-order valence-corrected chi connectivity index (χ2v) is 3.65. The molecule has 0 aromatic heterocycles. The minimum atomic E-state index is 1.08. The summed E-state index contributed by atoms with van der Waals surface area (Å²) in [7, 11) is 0. The summed E-state index contributed by atoms with van der Waals surface area (Å²) in [6.45, 7) is 2.42. The second-order valence-electron chi connectivity index (χ2n) is 3.65. The third kappa shape index (κ3) is 0.519. The van der Waals surface area contributed by atoms with E-state index < -0.39 is 0 Å². The summed E-state index contributed by atoms with van der Waals surface area (Å²) in [6, 6.07) is 0. The van der Waals surface area contributed by atoms with E-state index in [-0.39, 0.29) is 0 Å². The van der Waals surface area contributed by atoms with Crippen LogP contribution in [0.2, 0.25) is 0 Å². The highest BCUT2D eigenvalue weighted by atomic mass is 14.4. The molecule has 2 bridgehead atoms. The zero-order valence-corrected chi connectivity index (χ0v) is 5.56. The molecule has 1 unspecified atom stereocenters. The van der Waals surface area contributed by atoms with Crippen molar-refractivity contribution >= 4 is 0 Å². The number of rotatable bonds is 0. The molecule has 0 nitrogen and oxygen atoms in total. The van der Waals surface area contributed by atoms with Crippen LogP contribution in [0.4, 0.5) is 0 Å². The first-order valence-corrected chi connectivity index (χ1v) is 3.86. The summed E-state index contributed by atoms with van der Waals surface area (Å²) >= 11 is 0. The van der Waals surface area contributed by atoms with E-state index in [1.807, 2.05) is 0 Å². The van der Waals surface area contributed by atoms with Crippen LogP contribution < -0.4 is 0 Å². The highest BCUT2D eigenvalue weighted by Crippen LogP contribution is 2.47. The molecule has 0 N–H and O–H groups in total. The molecular formula is C8H14. The molecule has 0 spiro atoms. The lowest BCUT2D eigenvalue weighted by atomic mass is 9.91. The maximum Gasteiger partial charge on any atom is -0.0386 e. The normalized spacial score (nSPS) is 52.9. The Hall–Kier alpha value is 0. The molecule has 0 heterocycles. The van der Waals surface area contributed by atoms with Crippen LogP contribution in [-0.4, -0.2) is 0 Å². The van der Waals surface area contributed by atoms with Crippen LogP contribution in [0, 0.1) is 17.8 Å². The lowest BCUT2D eigenvalue weighted by Gasteiger charge is -2.15. The first kappa shape index (κ1) is 4.84. The van der Waals surface area contributed by atoms with Gasteiger partial charge in [-0.05, 0) is 37.0 Å². The predicted octanol–water partition coefficient (Wildman–Crippen LogP) is 2.44. The lowest BCUT2D eigenvalue weighted by Crippen LogP contribution is -2.04. The Kier molecular flexibility index (Phi) is 0.902. The Balaban J connectivity index is 2.11. The molecule has 2 aliphatic carbocycles. The Morgan fingerprint density at radius 2 is 2.00 bits per heavy atom. The molecule has 0 radical (unpaired) electrons. The number of hydrogen-bond donors (Lipinski definition) is 0. The van der Waals surface area contributed by atoms with E-state index in [0.717, 1.165) is 17.8 Å². The van der Waals surface area contributed by atoms with E-state index in [9.17, 15) is 0 Å². The van der Waals surface area contributed by atoms with E-state index >= 15 is 0 Å². The average Bonchev–Trinajstić information content (AvgIpc) is 2.23. The average molecular weight is 110 g/mol. The van der Waals surface area contributed by atoms with Crippen LogP contribution in [0.3, 0.4) is 0 Å². The van der Waals surface area contributed by atoms with Gasteiger partial charge >= 0.3 is 0 Å². The SMILES string of the molecule is C[C@H]1C[C@@H]2CCC1C2. The summed E-state index contributed by atoms with van der Waals surface area (Å²) < 4.78 is 0. The largest absolute Gasteiger partial charge is 0.0622 e. The monoisotopic (exact) mass is 110 g/mol. The van der Waals surface area contributed by atoms with Crippen molar-refractivity contribution < 1.29 is 0 Å². The summed E-state index contributed by atoms with van der Waals surface area (Å²) in [5, 5.41) is 0. The van der Waals surface area contributed by atoms with E-state index in [4.69, 9.17) is 0 Å². The smallest absolute Gasteiger partial charge is 0.0386 e. The highest BCUT2D eigenvalue weighted by molar-refractivity contribution is 4.87. The van der Waals surface area contributed by atoms with Crippen molar-refractivity contribution in [3.05, 3.63) is 0 Å². The molecular weight excluding hydrogens is 96.1 g/mol.